The number of aliphatic hydroxyl groups excluding tert-OH is 1. The Balaban J connectivity index is 2.44. The van der Waals surface area contributed by atoms with Gasteiger partial charge in [-0.1, -0.05) is 35.6 Å². The molecule has 0 atom stereocenters. The summed E-state index contributed by atoms with van der Waals surface area (Å²) >= 11 is 1.30. The molecule has 0 fully saturated rings. The number of rotatable bonds is 3. The average molecular weight is 306 g/mol. The molecule has 1 aromatic carbocycles. The van der Waals surface area contributed by atoms with Crippen molar-refractivity contribution in [3.8, 4) is 10.4 Å². The minimum absolute atomic E-state index is 0.0642. The number of amides is 1. The maximum absolute atomic E-state index is 11.5. The summed E-state index contributed by atoms with van der Waals surface area (Å²) in [7, 11) is 0. The Labute approximate surface area is 127 Å². The number of anilines is 1. The summed E-state index contributed by atoms with van der Waals surface area (Å²) in [5.41, 5.74) is 1.10. The fourth-order valence-corrected chi connectivity index (χ4v) is 3.21. The normalized spacial score (nSPS) is 11.4. The van der Waals surface area contributed by atoms with Gasteiger partial charge in [0.05, 0.1) is 11.5 Å². The number of carboxylic acid groups (broad SMARTS) is 1. The predicted octanol–water partition coefficient (Wildman–Crippen LogP) is 3.59. The van der Waals surface area contributed by atoms with Gasteiger partial charge in [-0.25, -0.2) is 14.7 Å². The first-order valence-electron chi connectivity index (χ1n) is 6.52. The van der Waals surface area contributed by atoms with Crippen molar-refractivity contribution in [1.29, 1.82) is 0 Å². The van der Waals surface area contributed by atoms with Gasteiger partial charge in [0.25, 0.3) is 0 Å². The fourth-order valence-electron chi connectivity index (χ4n) is 2.05. The van der Waals surface area contributed by atoms with E-state index in [-0.39, 0.29) is 6.61 Å². The zero-order valence-electron chi connectivity index (χ0n) is 12.2. The number of carbonyl (C=O) groups is 1. The fraction of sp³-hybridized carbons (Fsp3) is 0.333. The van der Waals surface area contributed by atoms with Crippen LogP contribution in [0.1, 0.15) is 26.3 Å². The van der Waals surface area contributed by atoms with Gasteiger partial charge in [-0.15, -0.1) is 0 Å². The Hall–Kier alpha value is -1.92. The molecular formula is C15H18N2O3S. The molecule has 21 heavy (non-hydrogen) atoms. The SMILES string of the molecule is CC(C)(C)N(C(=O)O)c1ncc(-c2ccccc2CO)s1. The number of aliphatic hydroxyl groups is 1. The van der Waals surface area contributed by atoms with Crippen LogP contribution in [0.4, 0.5) is 9.93 Å². The average Bonchev–Trinajstić information content (AvgIpc) is 2.85. The minimum Gasteiger partial charge on any atom is -0.465 e. The second-order valence-corrected chi connectivity index (χ2v) is 6.62. The second-order valence-electron chi connectivity index (χ2n) is 5.61. The first-order valence-corrected chi connectivity index (χ1v) is 7.34. The zero-order chi connectivity index (χ0) is 15.6. The Morgan fingerprint density at radius 3 is 2.57 bits per heavy atom. The Bertz CT molecular complexity index is 646. The van der Waals surface area contributed by atoms with E-state index in [4.69, 9.17) is 0 Å². The molecule has 2 N–H and O–H groups in total. The lowest BCUT2D eigenvalue weighted by Gasteiger charge is -2.30. The van der Waals surface area contributed by atoms with Gasteiger partial charge < -0.3 is 10.2 Å². The Kier molecular flexibility index (Phi) is 4.29. The summed E-state index contributed by atoms with van der Waals surface area (Å²) in [5.74, 6) is 0. The third-order valence-corrected chi connectivity index (χ3v) is 4.02. The van der Waals surface area contributed by atoms with E-state index in [0.29, 0.717) is 5.13 Å². The number of nitrogens with zero attached hydrogens (tertiary/aromatic N) is 2. The molecule has 0 bridgehead atoms. The molecule has 0 aliphatic heterocycles. The van der Waals surface area contributed by atoms with Gasteiger partial charge in [-0.2, -0.15) is 0 Å². The highest BCUT2D eigenvalue weighted by molar-refractivity contribution is 7.19. The van der Waals surface area contributed by atoms with Gasteiger partial charge in [0.15, 0.2) is 5.13 Å². The summed E-state index contributed by atoms with van der Waals surface area (Å²) in [6.45, 7) is 5.41. The van der Waals surface area contributed by atoms with E-state index in [1.165, 1.54) is 16.2 Å². The topological polar surface area (TPSA) is 73.7 Å². The van der Waals surface area contributed by atoms with Crippen LogP contribution < -0.4 is 4.90 Å². The first kappa shape index (κ1) is 15.5. The molecule has 1 amide bonds. The van der Waals surface area contributed by atoms with Crippen molar-refractivity contribution < 1.29 is 15.0 Å². The molecule has 1 aromatic heterocycles. The molecule has 112 valence electrons. The van der Waals surface area contributed by atoms with Crippen LogP contribution in [0.3, 0.4) is 0 Å². The van der Waals surface area contributed by atoms with Crippen LogP contribution in [-0.2, 0) is 6.61 Å². The van der Waals surface area contributed by atoms with Gasteiger partial charge in [-0.3, -0.25) is 0 Å². The zero-order valence-corrected chi connectivity index (χ0v) is 13.0. The van der Waals surface area contributed by atoms with Crippen molar-refractivity contribution in [2.75, 3.05) is 4.90 Å². The maximum Gasteiger partial charge on any atom is 0.414 e. The van der Waals surface area contributed by atoms with E-state index in [1.807, 2.05) is 45.0 Å². The van der Waals surface area contributed by atoms with Gasteiger partial charge in [0.2, 0.25) is 0 Å². The van der Waals surface area contributed by atoms with Crippen molar-refractivity contribution in [3.05, 3.63) is 36.0 Å². The molecule has 0 spiro atoms. The monoisotopic (exact) mass is 306 g/mol. The molecular weight excluding hydrogens is 288 g/mol. The Morgan fingerprint density at radius 1 is 1.33 bits per heavy atom. The molecule has 2 aromatic rings. The summed E-state index contributed by atoms with van der Waals surface area (Å²) in [6.07, 6.45) is 0.620. The largest absolute Gasteiger partial charge is 0.465 e. The third-order valence-electron chi connectivity index (χ3n) is 3.00. The van der Waals surface area contributed by atoms with E-state index in [0.717, 1.165) is 16.0 Å². The molecule has 2 rings (SSSR count). The molecule has 0 saturated carbocycles. The van der Waals surface area contributed by atoms with Crippen molar-refractivity contribution in [2.45, 2.75) is 32.9 Å². The smallest absolute Gasteiger partial charge is 0.414 e. The molecule has 0 aliphatic carbocycles. The number of aromatic nitrogens is 1. The highest BCUT2D eigenvalue weighted by Gasteiger charge is 2.30. The van der Waals surface area contributed by atoms with E-state index < -0.39 is 11.6 Å². The quantitative estimate of drug-likeness (QED) is 0.909. The van der Waals surface area contributed by atoms with E-state index >= 15 is 0 Å². The lowest BCUT2D eigenvalue weighted by molar-refractivity contribution is 0.195. The van der Waals surface area contributed by atoms with Gasteiger partial charge in [-0.05, 0) is 31.9 Å². The van der Waals surface area contributed by atoms with E-state index in [9.17, 15) is 15.0 Å². The maximum atomic E-state index is 11.5. The van der Waals surface area contributed by atoms with Gasteiger partial charge in [0, 0.05) is 11.7 Å². The summed E-state index contributed by atoms with van der Waals surface area (Å²) in [6, 6.07) is 7.47. The minimum atomic E-state index is -1.03. The predicted molar refractivity (Wildman–Crippen MR) is 83.7 cm³/mol. The number of thiazole rings is 1. The van der Waals surface area contributed by atoms with Gasteiger partial charge >= 0.3 is 6.09 Å². The van der Waals surface area contributed by atoms with Crippen molar-refractivity contribution in [2.24, 2.45) is 0 Å². The number of hydrogen-bond acceptors (Lipinski definition) is 4. The first-order chi connectivity index (χ1) is 9.84. The molecule has 0 radical (unpaired) electrons. The number of hydrogen-bond donors (Lipinski definition) is 2. The van der Waals surface area contributed by atoms with Crippen LogP contribution in [0.2, 0.25) is 0 Å². The number of benzene rings is 1. The lowest BCUT2D eigenvalue weighted by Crippen LogP contribution is -2.45. The van der Waals surface area contributed by atoms with E-state index in [1.54, 1.807) is 6.20 Å². The third kappa shape index (κ3) is 3.22. The summed E-state index contributed by atoms with van der Waals surface area (Å²) in [4.78, 5) is 17.8. The highest BCUT2D eigenvalue weighted by Crippen LogP contribution is 2.35. The molecule has 0 saturated heterocycles. The van der Waals surface area contributed by atoms with Crippen molar-refractivity contribution >= 4 is 22.6 Å². The van der Waals surface area contributed by atoms with Crippen LogP contribution in [0.5, 0.6) is 0 Å². The molecule has 1 heterocycles. The van der Waals surface area contributed by atoms with Crippen LogP contribution >= 0.6 is 11.3 Å². The van der Waals surface area contributed by atoms with Crippen LogP contribution in [-0.4, -0.2) is 26.8 Å². The molecule has 0 aliphatic rings. The van der Waals surface area contributed by atoms with Gasteiger partial charge in [0.1, 0.15) is 0 Å². The van der Waals surface area contributed by atoms with Crippen LogP contribution in [0.25, 0.3) is 10.4 Å². The highest BCUT2D eigenvalue weighted by atomic mass is 32.1. The second kappa shape index (κ2) is 5.83. The van der Waals surface area contributed by atoms with Crippen LogP contribution in [0, 0.1) is 0 Å². The van der Waals surface area contributed by atoms with E-state index in [2.05, 4.69) is 4.98 Å². The molecule has 6 heteroatoms. The summed E-state index contributed by atoms with van der Waals surface area (Å²) < 4.78 is 0. The van der Waals surface area contributed by atoms with Crippen molar-refractivity contribution in [3.63, 3.8) is 0 Å². The van der Waals surface area contributed by atoms with Crippen LogP contribution in [0.15, 0.2) is 30.5 Å². The summed E-state index contributed by atoms with van der Waals surface area (Å²) in [5, 5.41) is 19.2. The lowest BCUT2D eigenvalue weighted by atomic mass is 10.1. The van der Waals surface area contributed by atoms with Crippen molar-refractivity contribution in [1.82, 2.24) is 4.98 Å². The standard InChI is InChI=1S/C15H18N2O3S/c1-15(2,3)17(14(19)20)13-16-8-12(21-13)11-7-5-4-6-10(11)9-18/h4-8,18H,9H2,1-3H3,(H,19,20). The molecule has 5 nitrogen and oxygen atoms in total. The Morgan fingerprint density at radius 2 is 2.00 bits per heavy atom. The molecule has 0 unspecified atom stereocenters.